The van der Waals surface area contributed by atoms with E-state index in [2.05, 4.69) is 25.8 Å². The van der Waals surface area contributed by atoms with Crippen molar-refractivity contribution in [1.29, 1.82) is 0 Å². The smallest absolute Gasteiger partial charge is 0.276 e. The summed E-state index contributed by atoms with van der Waals surface area (Å²) in [6, 6.07) is 11.3. The Morgan fingerprint density at radius 3 is 2.27 bits per heavy atom. The number of anilines is 2. The van der Waals surface area contributed by atoms with Crippen molar-refractivity contribution in [1.82, 2.24) is 15.2 Å². The number of amides is 1. The molecule has 0 aliphatic heterocycles. The number of benzene rings is 1. The van der Waals surface area contributed by atoms with Crippen molar-refractivity contribution in [3.05, 3.63) is 76.7 Å². The fourth-order valence-electron chi connectivity index (χ4n) is 2.80. The number of rotatable bonds is 5. The second-order valence-corrected chi connectivity index (χ2v) is 6.24. The zero-order chi connectivity index (χ0) is 18.5. The molecule has 6 nitrogen and oxygen atoms in total. The summed E-state index contributed by atoms with van der Waals surface area (Å²) in [5.41, 5.74) is 5.41. The third-order valence-corrected chi connectivity index (χ3v) is 4.04. The average molecular weight is 347 g/mol. The number of hydrogen-bond acceptors (Lipinski definition) is 5. The zero-order valence-corrected chi connectivity index (χ0v) is 15.1. The number of aryl methyl sites for hydroxylation is 3. The topological polar surface area (TPSA) is 79.8 Å². The minimum atomic E-state index is -0.270. The highest BCUT2D eigenvalue weighted by atomic mass is 16.1. The van der Waals surface area contributed by atoms with Gasteiger partial charge in [0.1, 0.15) is 5.82 Å². The molecule has 0 saturated heterocycles. The number of pyridine rings is 1. The molecule has 0 radical (unpaired) electrons. The van der Waals surface area contributed by atoms with Gasteiger partial charge in [0, 0.05) is 24.6 Å². The average Bonchev–Trinajstić information content (AvgIpc) is 2.64. The largest absolute Gasteiger partial charge is 0.365 e. The number of carbonyl (C=O) groups excluding carboxylic acids is 1. The van der Waals surface area contributed by atoms with Gasteiger partial charge in [-0.15, -0.1) is 10.2 Å². The molecule has 0 bridgehead atoms. The molecule has 0 aliphatic rings. The lowest BCUT2D eigenvalue weighted by atomic mass is 10.1. The lowest BCUT2D eigenvalue weighted by Gasteiger charge is -2.12. The molecule has 0 atom stereocenters. The van der Waals surface area contributed by atoms with E-state index in [1.54, 1.807) is 24.5 Å². The third-order valence-electron chi connectivity index (χ3n) is 4.04. The van der Waals surface area contributed by atoms with Crippen LogP contribution >= 0.6 is 0 Å². The Morgan fingerprint density at radius 2 is 1.65 bits per heavy atom. The minimum Gasteiger partial charge on any atom is -0.365 e. The van der Waals surface area contributed by atoms with Gasteiger partial charge in [0.05, 0.1) is 0 Å². The van der Waals surface area contributed by atoms with E-state index in [9.17, 15) is 4.79 Å². The lowest BCUT2D eigenvalue weighted by molar-refractivity contribution is 0.102. The van der Waals surface area contributed by atoms with Crippen LogP contribution in [-0.2, 0) is 6.54 Å². The highest BCUT2D eigenvalue weighted by Gasteiger charge is 2.12. The van der Waals surface area contributed by atoms with Crippen LogP contribution in [0, 0.1) is 20.8 Å². The van der Waals surface area contributed by atoms with Crippen LogP contribution in [0.25, 0.3) is 0 Å². The van der Waals surface area contributed by atoms with Gasteiger partial charge in [0.15, 0.2) is 5.69 Å². The second kappa shape index (κ2) is 7.74. The monoisotopic (exact) mass is 347 g/mol. The lowest BCUT2D eigenvalue weighted by Crippen LogP contribution is -2.16. The molecular weight excluding hydrogens is 326 g/mol. The van der Waals surface area contributed by atoms with Crippen LogP contribution in [0.15, 0.2) is 48.8 Å². The number of nitrogens with one attached hydrogen (secondary N) is 2. The van der Waals surface area contributed by atoms with Gasteiger partial charge in [-0.25, -0.2) is 0 Å². The van der Waals surface area contributed by atoms with Gasteiger partial charge in [-0.1, -0.05) is 17.7 Å². The Balaban J connectivity index is 1.66. The molecule has 0 fully saturated rings. The van der Waals surface area contributed by atoms with Crippen molar-refractivity contribution < 1.29 is 4.79 Å². The molecule has 2 N–H and O–H groups in total. The summed E-state index contributed by atoms with van der Waals surface area (Å²) in [4.78, 5) is 16.4. The van der Waals surface area contributed by atoms with Gasteiger partial charge in [-0.3, -0.25) is 9.78 Å². The van der Waals surface area contributed by atoms with Crippen LogP contribution in [0.5, 0.6) is 0 Å². The Kier molecular flexibility index (Phi) is 5.22. The van der Waals surface area contributed by atoms with Crippen molar-refractivity contribution in [2.75, 3.05) is 10.6 Å². The number of nitrogens with zero attached hydrogens (tertiary/aromatic N) is 3. The third kappa shape index (κ3) is 4.22. The fourth-order valence-corrected chi connectivity index (χ4v) is 2.80. The summed E-state index contributed by atoms with van der Waals surface area (Å²) in [7, 11) is 0. The minimum absolute atomic E-state index is 0.270. The number of carbonyl (C=O) groups is 1. The van der Waals surface area contributed by atoms with E-state index in [4.69, 9.17) is 0 Å². The molecule has 132 valence electrons. The van der Waals surface area contributed by atoms with E-state index in [-0.39, 0.29) is 11.6 Å². The second-order valence-electron chi connectivity index (χ2n) is 6.24. The Bertz CT molecular complexity index is 884. The Labute approximate surface area is 152 Å². The van der Waals surface area contributed by atoms with Gasteiger partial charge in [-0.2, -0.15) is 0 Å². The van der Waals surface area contributed by atoms with Crippen LogP contribution in [0.2, 0.25) is 0 Å². The first kappa shape index (κ1) is 17.5. The van der Waals surface area contributed by atoms with Crippen molar-refractivity contribution in [2.45, 2.75) is 27.3 Å². The molecule has 2 aromatic heterocycles. The van der Waals surface area contributed by atoms with Crippen molar-refractivity contribution in [3.8, 4) is 0 Å². The van der Waals surface area contributed by atoms with Crippen LogP contribution in [-0.4, -0.2) is 21.1 Å². The number of hydrogen-bond donors (Lipinski definition) is 2. The molecule has 1 amide bonds. The molecule has 0 unspecified atom stereocenters. The highest BCUT2D eigenvalue weighted by molar-refractivity contribution is 6.03. The molecule has 0 spiro atoms. The summed E-state index contributed by atoms with van der Waals surface area (Å²) in [6.45, 7) is 6.61. The van der Waals surface area contributed by atoms with Gasteiger partial charge in [0.2, 0.25) is 0 Å². The van der Waals surface area contributed by atoms with E-state index in [1.807, 2.05) is 45.0 Å². The quantitative estimate of drug-likeness (QED) is 0.736. The van der Waals surface area contributed by atoms with Gasteiger partial charge in [0.25, 0.3) is 5.91 Å². The fraction of sp³-hybridized carbons (Fsp3) is 0.200. The summed E-state index contributed by atoms with van der Waals surface area (Å²) in [6.07, 6.45) is 3.48. The van der Waals surface area contributed by atoms with Crippen molar-refractivity contribution in [2.24, 2.45) is 0 Å². The maximum Gasteiger partial charge on any atom is 0.276 e. The summed E-state index contributed by atoms with van der Waals surface area (Å²) in [5.74, 6) is 0.342. The van der Waals surface area contributed by atoms with Crippen LogP contribution in [0.1, 0.15) is 32.7 Å². The summed E-state index contributed by atoms with van der Waals surface area (Å²) < 4.78 is 0. The van der Waals surface area contributed by atoms with Gasteiger partial charge in [-0.05, 0) is 61.7 Å². The molecule has 2 heterocycles. The normalized spacial score (nSPS) is 10.4. The van der Waals surface area contributed by atoms with E-state index in [1.165, 1.54) is 5.56 Å². The molecule has 0 saturated carbocycles. The standard InChI is InChI=1S/C20H21N5O/c1-13-10-14(2)19(15(3)11-13)23-20(26)17-4-5-18(25-24-17)22-12-16-6-8-21-9-7-16/h4-11H,12H2,1-3H3,(H,22,25)(H,23,26). The summed E-state index contributed by atoms with van der Waals surface area (Å²) in [5, 5.41) is 14.2. The zero-order valence-electron chi connectivity index (χ0n) is 15.1. The van der Waals surface area contributed by atoms with Crippen LogP contribution in [0.4, 0.5) is 11.5 Å². The molecule has 6 heteroatoms. The Morgan fingerprint density at radius 1 is 0.962 bits per heavy atom. The molecule has 1 aromatic carbocycles. The summed E-state index contributed by atoms with van der Waals surface area (Å²) >= 11 is 0. The number of aromatic nitrogens is 3. The first-order valence-electron chi connectivity index (χ1n) is 8.38. The first-order chi connectivity index (χ1) is 12.5. The maximum absolute atomic E-state index is 12.5. The molecule has 3 rings (SSSR count). The van der Waals surface area contributed by atoms with Gasteiger partial charge >= 0.3 is 0 Å². The predicted octanol–water partition coefficient (Wildman–Crippen LogP) is 3.66. The van der Waals surface area contributed by atoms with E-state index < -0.39 is 0 Å². The SMILES string of the molecule is Cc1cc(C)c(NC(=O)c2ccc(NCc3ccncc3)nn2)c(C)c1. The molecule has 0 aliphatic carbocycles. The van der Waals surface area contributed by atoms with Crippen LogP contribution < -0.4 is 10.6 Å². The van der Waals surface area contributed by atoms with Gasteiger partial charge < -0.3 is 10.6 Å². The van der Waals surface area contributed by atoms with Crippen molar-refractivity contribution in [3.63, 3.8) is 0 Å². The van der Waals surface area contributed by atoms with E-state index in [0.29, 0.717) is 12.4 Å². The Hall–Kier alpha value is -3.28. The van der Waals surface area contributed by atoms with E-state index >= 15 is 0 Å². The molecule has 3 aromatic rings. The van der Waals surface area contributed by atoms with Crippen molar-refractivity contribution >= 4 is 17.4 Å². The van der Waals surface area contributed by atoms with Crippen LogP contribution in [0.3, 0.4) is 0 Å². The van der Waals surface area contributed by atoms with E-state index in [0.717, 1.165) is 22.4 Å². The first-order valence-corrected chi connectivity index (χ1v) is 8.38. The highest BCUT2D eigenvalue weighted by Crippen LogP contribution is 2.22. The molecular formula is C20H21N5O. The maximum atomic E-state index is 12.5. The molecule has 26 heavy (non-hydrogen) atoms. The predicted molar refractivity (Wildman–Crippen MR) is 102 cm³/mol.